The second-order valence-corrected chi connectivity index (χ2v) is 8.36. The molecule has 1 aromatic carbocycles. The first kappa shape index (κ1) is 19.8. The second kappa shape index (κ2) is 8.83. The lowest BCUT2D eigenvalue weighted by Crippen LogP contribution is -2.13. The predicted molar refractivity (Wildman–Crippen MR) is 103 cm³/mol. The number of carbonyl (C=O) groups is 1. The minimum atomic E-state index is -0.897. The van der Waals surface area contributed by atoms with Gasteiger partial charge in [-0.15, -0.1) is 11.8 Å². The normalized spacial score (nSPS) is 15.4. The predicted octanol–water partition coefficient (Wildman–Crippen LogP) is 6.03. The quantitative estimate of drug-likeness (QED) is 0.597. The number of carboxylic acid groups (broad SMARTS) is 1. The van der Waals surface area contributed by atoms with E-state index in [1.165, 1.54) is 18.6 Å². The summed E-state index contributed by atoms with van der Waals surface area (Å²) >= 11 is 1.68. The molecule has 0 radical (unpaired) electrons. The van der Waals surface area contributed by atoms with Gasteiger partial charge in [-0.3, -0.25) is 4.79 Å². The molecule has 1 saturated carbocycles. The van der Waals surface area contributed by atoms with Crippen LogP contribution < -0.4 is 0 Å². The zero-order valence-electron chi connectivity index (χ0n) is 15.3. The average molecular weight is 391 g/mol. The average Bonchev–Trinajstić information content (AvgIpc) is 2.57. The van der Waals surface area contributed by atoms with Gasteiger partial charge in [0, 0.05) is 29.0 Å². The van der Waals surface area contributed by atoms with Crippen LogP contribution in [0.3, 0.4) is 0 Å². The molecule has 2 aromatic rings. The molecule has 0 bridgehead atoms. The van der Waals surface area contributed by atoms with Crippen LogP contribution in [0.15, 0.2) is 35.5 Å². The number of aliphatic carboxylic acids is 1. The van der Waals surface area contributed by atoms with Crippen molar-refractivity contribution in [1.29, 1.82) is 0 Å². The van der Waals surface area contributed by atoms with Crippen LogP contribution in [-0.2, 0) is 4.79 Å². The van der Waals surface area contributed by atoms with E-state index in [2.05, 4.69) is 4.98 Å². The number of nitrogens with zero attached hydrogens (tertiary/aromatic N) is 1. The molecule has 3 rings (SSSR count). The lowest BCUT2D eigenvalue weighted by Gasteiger charge is -2.25. The Kier molecular flexibility index (Phi) is 6.47. The standard InChI is InChI=1S/C21H23F2NO2S/c1-13(5-2-9-19(25)26)20-17(22)11-14(12-18(20)23)16-8-4-10-24-21(16)27-15-6-3-7-15/h4,8,10-13,15H,2-3,5-7,9H2,1H3,(H,25,26)/t13-/m0/s1. The SMILES string of the molecule is C[C@@H](CCCC(=O)O)c1c(F)cc(-c2cccnc2SC2CCC2)cc1F. The number of hydrogen-bond acceptors (Lipinski definition) is 3. The van der Waals surface area contributed by atoms with E-state index < -0.39 is 17.6 Å². The van der Waals surface area contributed by atoms with Crippen LogP contribution >= 0.6 is 11.8 Å². The topological polar surface area (TPSA) is 50.2 Å². The maximum atomic E-state index is 14.7. The van der Waals surface area contributed by atoms with Crippen molar-refractivity contribution in [2.45, 2.75) is 61.6 Å². The summed E-state index contributed by atoms with van der Waals surface area (Å²) in [5.41, 5.74) is 1.26. The number of aromatic nitrogens is 1. The van der Waals surface area contributed by atoms with Crippen molar-refractivity contribution in [2.75, 3.05) is 0 Å². The van der Waals surface area contributed by atoms with Crippen LogP contribution in [0.2, 0.25) is 0 Å². The highest BCUT2D eigenvalue weighted by Crippen LogP contribution is 2.40. The van der Waals surface area contributed by atoms with E-state index in [0.717, 1.165) is 23.4 Å². The van der Waals surface area contributed by atoms with Gasteiger partial charge in [-0.2, -0.15) is 0 Å². The smallest absolute Gasteiger partial charge is 0.303 e. The van der Waals surface area contributed by atoms with Gasteiger partial charge in [0.2, 0.25) is 0 Å². The van der Waals surface area contributed by atoms with Crippen LogP contribution in [-0.4, -0.2) is 21.3 Å². The van der Waals surface area contributed by atoms with Gasteiger partial charge in [0.05, 0.1) is 0 Å². The van der Waals surface area contributed by atoms with Crippen LogP contribution in [0.1, 0.15) is 56.9 Å². The van der Waals surface area contributed by atoms with Crippen molar-refractivity contribution in [3.05, 3.63) is 47.7 Å². The molecular formula is C21H23F2NO2S. The zero-order chi connectivity index (χ0) is 19.4. The third-order valence-electron chi connectivity index (χ3n) is 5.01. The molecule has 1 fully saturated rings. The Morgan fingerprint density at radius 1 is 1.33 bits per heavy atom. The Bertz CT molecular complexity index is 801. The van der Waals surface area contributed by atoms with Crippen LogP contribution in [0, 0.1) is 11.6 Å². The lowest BCUT2D eigenvalue weighted by molar-refractivity contribution is -0.137. The number of thioether (sulfide) groups is 1. The molecule has 0 amide bonds. The van der Waals surface area contributed by atoms with E-state index in [1.54, 1.807) is 30.9 Å². The molecule has 3 nitrogen and oxygen atoms in total. The molecule has 1 aliphatic rings. The highest BCUT2D eigenvalue weighted by molar-refractivity contribution is 8.00. The number of benzene rings is 1. The van der Waals surface area contributed by atoms with Gasteiger partial charge in [0.25, 0.3) is 0 Å². The van der Waals surface area contributed by atoms with Gasteiger partial charge >= 0.3 is 5.97 Å². The van der Waals surface area contributed by atoms with Crippen LogP contribution in [0.25, 0.3) is 11.1 Å². The van der Waals surface area contributed by atoms with Gasteiger partial charge in [-0.1, -0.05) is 19.4 Å². The summed E-state index contributed by atoms with van der Waals surface area (Å²) in [4.78, 5) is 15.0. The maximum Gasteiger partial charge on any atom is 0.303 e. The molecular weight excluding hydrogens is 368 g/mol. The number of pyridine rings is 1. The first-order valence-electron chi connectivity index (χ1n) is 9.28. The third-order valence-corrected chi connectivity index (χ3v) is 6.37. The Morgan fingerprint density at radius 3 is 2.63 bits per heavy atom. The van der Waals surface area contributed by atoms with Gasteiger partial charge in [-0.05, 0) is 55.4 Å². The van der Waals surface area contributed by atoms with Crippen molar-refractivity contribution in [3.63, 3.8) is 0 Å². The molecule has 1 aliphatic carbocycles. The highest BCUT2D eigenvalue weighted by Gasteiger charge is 2.23. The highest BCUT2D eigenvalue weighted by atomic mass is 32.2. The summed E-state index contributed by atoms with van der Waals surface area (Å²) in [6.07, 6.45) is 6.04. The molecule has 1 heterocycles. The second-order valence-electron chi connectivity index (χ2n) is 7.07. The molecule has 1 N–H and O–H groups in total. The Labute approximate surface area is 162 Å². The summed E-state index contributed by atoms with van der Waals surface area (Å²) in [5.74, 6) is -2.45. The summed E-state index contributed by atoms with van der Waals surface area (Å²) < 4.78 is 29.4. The van der Waals surface area contributed by atoms with E-state index in [0.29, 0.717) is 23.7 Å². The van der Waals surface area contributed by atoms with E-state index in [9.17, 15) is 13.6 Å². The van der Waals surface area contributed by atoms with Gasteiger partial charge in [0.15, 0.2) is 0 Å². The number of carboxylic acids is 1. The fourth-order valence-corrected chi connectivity index (χ4v) is 4.58. The molecule has 1 aromatic heterocycles. The van der Waals surface area contributed by atoms with Crippen molar-refractivity contribution < 1.29 is 18.7 Å². The fraction of sp³-hybridized carbons (Fsp3) is 0.429. The summed E-state index contributed by atoms with van der Waals surface area (Å²) in [6.45, 7) is 1.73. The first-order chi connectivity index (χ1) is 13.0. The molecule has 0 saturated heterocycles. The maximum absolute atomic E-state index is 14.7. The van der Waals surface area contributed by atoms with Crippen LogP contribution in [0.5, 0.6) is 0 Å². The lowest BCUT2D eigenvalue weighted by atomic mass is 9.92. The monoisotopic (exact) mass is 391 g/mol. The minimum Gasteiger partial charge on any atom is -0.481 e. The molecule has 0 aliphatic heterocycles. The van der Waals surface area contributed by atoms with E-state index in [4.69, 9.17) is 5.11 Å². The zero-order valence-corrected chi connectivity index (χ0v) is 16.1. The Balaban J connectivity index is 1.83. The summed E-state index contributed by atoms with van der Waals surface area (Å²) in [7, 11) is 0. The van der Waals surface area contributed by atoms with E-state index in [-0.39, 0.29) is 17.9 Å². The van der Waals surface area contributed by atoms with Crippen LogP contribution in [0.4, 0.5) is 8.78 Å². The largest absolute Gasteiger partial charge is 0.481 e. The molecule has 27 heavy (non-hydrogen) atoms. The summed E-state index contributed by atoms with van der Waals surface area (Å²) in [5, 5.41) is 10.1. The van der Waals surface area contributed by atoms with E-state index >= 15 is 0 Å². The first-order valence-corrected chi connectivity index (χ1v) is 10.2. The van der Waals surface area contributed by atoms with Gasteiger partial charge < -0.3 is 5.11 Å². The molecule has 0 unspecified atom stereocenters. The molecule has 6 heteroatoms. The Hall–Kier alpha value is -1.95. The number of hydrogen-bond donors (Lipinski definition) is 1. The van der Waals surface area contributed by atoms with Crippen molar-refractivity contribution in [3.8, 4) is 11.1 Å². The van der Waals surface area contributed by atoms with Crippen molar-refractivity contribution in [2.24, 2.45) is 0 Å². The fourth-order valence-electron chi connectivity index (χ4n) is 3.27. The molecule has 0 spiro atoms. The Morgan fingerprint density at radius 2 is 2.04 bits per heavy atom. The van der Waals surface area contributed by atoms with Gasteiger partial charge in [0.1, 0.15) is 16.7 Å². The van der Waals surface area contributed by atoms with E-state index in [1.807, 2.05) is 6.07 Å². The summed E-state index contributed by atoms with van der Waals surface area (Å²) in [6, 6.07) is 6.36. The molecule has 144 valence electrons. The van der Waals surface area contributed by atoms with Crippen molar-refractivity contribution >= 4 is 17.7 Å². The number of rotatable bonds is 8. The minimum absolute atomic E-state index is 0.00307. The molecule has 1 atom stereocenters. The number of halogens is 2. The van der Waals surface area contributed by atoms with Gasteiger partial charge in [-0.25, -0.2) is 13.8 Å². The third kappa shape index (κ3) is 4.86. The van der Waals surface area contributed by atoms with Crippen molar-refractivity contribution in [1.82, 2.24) is 4.98 Å².